The highest BCUT2D eigenvalue weighted by molar-refractivity contribution is 8.03. The summed E-state index contributed by atoms with van der Waals surface area (Å²) in [6, 6.07) is 18.5. The van der Waals surface area contributed by atoms with Crippen LogP contribution < -0.4 is 10.6 Å². The van der Waals surface area contributed by atoms with Crippen LogP contribution in [-0.4, -0.2) is 24.2 Å². The summed E-state index contributed by atoms with van der Waals surface area (Å²) in [6.07, 6.45) is 0.733. The van der Waals surface area contributed by atoms with Crippen molar-refractivity contribution in [3.8, 4) is 6.07 Å². The number of carbonyl (C=O) groups excluding carboxylic acids is 2. The molecule has 8 heteroatoms. The molecule has 0 radical (unpaired) electrons. The second kappa shape index (κ2) is 11.6. The van der Waals surface area contributed by atoms with Crippen molar-refractivity contribution >= 4 is 40.9 Å². The lowest BCUT2D eigenvalue weighted by Crippen LogP contribution is -2.31. The summed E-state index contributed by atoms with van der Waals surface area (Å²) < 4.78 is 5.14. The van der Waals surface area contributed by atoms with Crippen LogP contribution in [0.3, 0.4) is 0 Å². The molecule has 0 bridgehead atoms. The molecular weight excluding hydrogens is 458 g/mol. The van der Waals surface area contributed by atoms with Crippen LogP contribution in [-0.2, 0) is 14.3 Å². The van der Waals surface area contributed by atoms with Crippen molar-refractivity contribution in [3.05, 3.63) is 87.1 Å². The molecule has 0 saturated carbocycles. The first kappa shape index (κ1) is 24.4. The number of nitrogens with zero attached hydrogens (tertiary/aromatic N) is 1. The van der Waals surface area contributed by atoms with Gasteiger partial charge in [0.05, 0.1) is 34.9 Å². The van der Waals surface area contributed by atoms with Crippen LogP contribution >= 0.6 is 23.4 Å². The average Bonchev–Trinajstić information content (AvgIpc) is 2.81. The maximum atomic E-state index is 13.4. The second-order valence-corrected chi connectivity index (χ2v) is 8.69. The molecule has 0 aliphatic carbocycles. The lowest BCUT2D eigenvalue weighted by atomic mass is 9.82. The minimum Gasteiger partial charge on any atom is -0.465 e. The number of esters is 1. The minimum atomic E-state index is -0.692. The molecular formula is C25H24ClN3O3S. The highest BCUT2D eigenvalue weighted by Crippen LogP contribution is 2.43. The molecule has 6 nitrogen and oxygen atoms in total. The van der Waals surface area contributed by atoms with Gasteiger partial charge in [-0.15, -0.1) is 0 Å². The predicted molar refractivity (Wildman–Crippen MR) is 131 cm³/mol. The molecule has 2 aromatic rings. The highest BCUT2D eigenvalue weighted by Gasteiger charge is 2.36. The number of amides is 1. The number of hydrogen-bond donors (Lipinski definition) is 2. The van der Waals surface area contributed by atoms with Crippen LogP contribution in [0.25, 0.3) is 0 Å². The van der Waals surface area contributed by atoms with Crippen molar-refractivity contribution in [1.82, 2.24) is 5.32 Å². The molecule has 0 saturated heterocycles. The van der Waals surface area contributed by atoms with Crippen molar-refractivity contribution in [1.29, 1.82) is 5.26 Å². The molecule has 3 rings (SSSR count). The van der Waals surface area contributed by atoms with Crippen molar-refractivity contribution in [2.75, 3.05) is 17.7 Å². The molecule has 0 aromatic heterocycles. The molecule has 2 aromatic carbocycles. The Morgan fingerprint density at radius 2 is 1.88 bits per heavy atom. The number of dihydropyridines is 1. The number of ether oxygens (including phenoxy) is 1. The van der Waals surface area contributed by atoms with E-state index in [1.54, 1.807) is 37.3 Å². The van der Waals surface area contributed by atoms with Gasteiger partial charge in [-0.3, -0.25) is 9.59 Å². The van der Waals surface area contributed by atoms with Gasteiger partial charge in [0, 0.05) is 22.0 Å². The normalized spacial score (nSPS) is 15.5. The number of para-hydroxylation sites is 1. The molecule has 2 N–H and O–H groups in total. The first-order valence-corrected chi connectivity index (χ1v) is 11.8. The molecule has 1 aliphatic rings. The largest absolute Gasteiger partial charge is 0.465 e. The smallest absolute Gasteiger partial charge is 0.316 e. The number of rotatable bonds is 8. The Hall–Kier alpha value is -3.21. The van der Waals surface area contributed by atoms with Crippen LogP contribution in [0.1, 0.15) is 31.7 Å². The van der Waals surface area contributed by atoms with Gasteiger partial charge in [-0.05, 0) is 37.1 Å². The molecule has 170 valence electrons. The fourth-order valence-electron chi connectivity index (χ4n) is 3.46. The molecule has 1 aliphatic heterocycles. The van der Waals surface area contributed by atoms with E-state index in [1.807, 2.05) is 31.2 Å². The Bertz CT molecular complexity index is 1140. The monoisotopic (exact) mass is 481 g/mol. The van der Waals surface area contributed by atoms with Crippen LogP contribution in [0.2, 0.25) is 5.02 Å². The third-order valence-corrected chi connectivity index (χ3v) is 6.28. The number of benzene rings is 2. The van der Waals surface area contributed by atoms with Gasteiger partial charge in [0.25, 0.3) is 5.91 Å². The molecule has 0 fully saturated rings. The fourth-order valence-corrected chi connectivity index (χ4v) is 4.59. The maximum absolute atomic E-state index is 13.4. The fraction of sp³-hybridized carbons (Fsp3) is 0.240. The summed E-state index contributed by atoms with van der Waals surface area (Å²) in [7, 11) is 0. The average molecular weight is 482 g/mol. The predicted octanol–water partition coefficient (Wildman–Crippen LogP) is 5.36. The van der Waals surface area contributed by atoms with Gasteiger partial charge in [0.2, 0.25) is 0 Å². The minimum absolute atomic E-state index is 0.0432. The zero-order valence-corrected chi connectivity index (χ0v) is 19.9. The lowest BCUT2D eigenvalue weighted by Gasteiger charge is -2.30. The number of thioether (sulfide) groups is 1. The first-order valence-electron chi connectivity index (χ1n) is 10.5. The number of hydrogen-bond acceptors (Lipinski definition) is 6. The van der Waals surface area contributed by atoms with Gasteiger partial charge in [-0.2, -0.15) is 5.26 Å². The van der Waals surface area contributed by atoms with Gasteiger partial charge in [-0.25, -0.2) is 0 Å². The Morgan fingerprint density at radius 1 is 1.18 bits per heavy atom. The second-order valence-electron chi connectivity index (χ2n) is 7.30. The number of allylic oxidation sites excluding steroid dienone is 2. The van der Waals surface area contributed by atoms with E-state index in [-0.39, 0.29) is 17.6 Å². The maximum Gasteiger partial charge on any atom is 0.316 e. The standard InChI is InChI=1S/C25H24ClN3O3S/c1-3-13-32-21(30)15-33-25-19(14-27)23(18-11-7-8-12-20(18)26)22(16(2)28-25)24(31)29-17-9-5-4-6-10-17/h4-12,23,28H,3,13,15H2,1-2H3,(H,29,31). The van der Waals surface area contributed by atoms with Crippen molar-refractivity contribution in [2.45, 2.75) is 26.2 Å². The SMILES string of the molecule is CCCOC(=O)CSC1=C(C#N)C(c2ccccc2Cl)C(C(=O)Nc2ccccc2)=C(C)N1. The molecule has 0 spiro atoms. The van der Waals surface area contributed by atoms with Gasteiger partial charge < -0.3 is 15.4 Å². The van der Waals surface area contributed by atoms with E-state index in [0.29, 0.717) is 44.8 Å². The van der Waals surface area contributed by atoms with Gasteiger partial charge in [0.15, 0.2) is 0 Å². The highest BCUT2D eigenvalue weighted by atomic mass is 35.5. The Morgan fingerprint density at radius 3 is 2.55 bits per heavy atom. The van der Waals surface area contributed by atoms with Gasteiger partial charge >= 0.3 is 5.97 Å². The van der Waals surface area contributed by atoms with E-state index < -0.39 is 5.92 Å². The van der Waals surface area contributed by atoms with Crippen molar-refractivity contribution < 1.29 is 14.3 Å². The van der Waals surface area contributed by atoms with E-state index in [0.717, 1.165) is 6.42 Å². The number of anilines is 1. The van der Waals surface area contributed by atoms with Crippen LogP contribution in [0.4, 0.5) is 5.69 Å². The molecule has 33 heavy (non-hydrogen) atoms. The van der Waals surface area contributed by atoms with Crippen LogP contribution in [0, 0.1) is 11.3 Å². The Labute approximate surface area is 202 Å². The van der Waals surface area contributed by atoms with Crippen LogP contribution in [0.5, 0.6) is 0 Å². The molecule has 1 unspecified atom stereocenters. The van der Waals surface area contributed by atoms with E-state index in [4.69, 9.17) is 16.3 Å². The summed E-state index contributed by atoms with van der Waals surface area (Å²) in [5.74, 6) is -1.35. The van der Waals surface area contributed by atoms with Gasteiger partial charge in [-0.1, -0.05) is 66.7 Å². The Kier molecular flexibility index (Phi) is 8.58. The van der Waals surface area contributed by atoms with Crippen LogP contribution in [0.15, 0.2) is 76.5 Å². The number of carbonyl (C=O) groups is 2. The van der Waals surface area contributed by atoms with E-state index in [9.17, 15) is 14.9 Å². The first-order chi connectivity index (χ1) is 16.0. The van der Waals surface area contributed by atoms with Crippen molar-refractivity contribution in [2.24, 2.45) is 0 Å². The summed E-state index contributed by atoms with van der Waals surface area (Å²) >= 11 is 7.68. The van der Waals surface area contributed by atoms with E-state index in [2.05, 4.69) is 16.7 Å². The summed E-state index contributed by atoms with van der Waals surface area (Å²) in [6.45, 7) is 4.04. The molecule has 1 amide bonds. The number of nitriles is 1. The number of nitrogens with one attached hydrogen (secondary N) is 2. The molecule has 1 heterocycles. The van der Waals surface area contributed by atoms with E-state index in [1.165, 1.54) is 11.8 Å². The molecule has 1 atom stereocenters. The quantitative estimate of drug-likeness (QED) is 0.493. The van der Waals surface area contributed by atoms with E-state index >= 15 is 0 Å². The lowest BCUT2D eigenvalue weighted by molar-refractivity contribution is -0.140. The summed E-state index contributed by atoms with van der Waals surface area (Å²) in [4.78, 5) is 25.4. The summed E-state index contributed by atoms with van der Waals surface area (Å²) in [5, 5.41) is 17.1. The van der Waals surface area contributed by atoms with Gasteiger partial charge in [0.1, 0.15) is 0 Å². The zero-order chi connectivity index (χ0) is 23.8. The van der Waals surface area contributed by atoms with Crippen molar-refractivity contribution in [3.63, 3.8) is 0 Å². The Balaban J connectivity index is 1.99. The topological polar surface area (TPSA) is 91.2 Å². The zero-order valence-electron chi connectivity index (χ0n) is 18.4. The third kappa shape index (κ3) is 5.98. The number of halogens is 1. The third-order valence-electron chi connectivity index (χ3n) is 4.94. The summed E-state index contributed by atoms with van der Waals surface area (Å²) in [5.41, 5.74) is 2.57.